The van der Waals surface area contributed by atoms with Crippen molar-refractivity contribution in [3.05, 3.63) is 196 Å². The normalized spacial score (nSPS) is 12.9. The fraction of sp³-hybridized carbons (Fsp3) is 0.0870. The van der Waals surface area contributed by atoms with Crippen molar-refractivity contribution in [3.8, 4) is 11.5 Å². The number of carbonyl (C=O) groups is 6. The number of ether oxygens (including phenoxy) is 4. The molecule has 0 fully saturated rings. The van der Waals surface area contributed by atoms with Crippen LogP contribution in [-0.2, 0) is 9.47 Å². The van der Waals surface area contributed by atoms with Crippen LogP contribution in [0.15, 0.2) is 152 Å². The molecule has 0 unspecified atom stereocenters. The summed E-state index contributed by atoms with van der Waals surface area (Å²) in [5, 5.41) is 0. The summed E-state index contributed by atoms with van der Waals surface area (Å²) in [6.07, 6.45) is -2.70. The lowest BCUT2D eigenvalue weighted by Gasteiger charge is -2.21. The van der Waals surface area contributed by atoms with Gasteiger partial charge in [0, 0.05) is 22.3 Å². The van der Waals surface area contributed by atoms with E-state index in [1.54, 1.807) is 115 Å². The van der Waals surface area contributed by atoms with Crippen molar-refractivity contribution in [2.24, 2.45) is 0 Å². The zero-order valence-electron chi connectivity index (χ0n) is 30.6. The van der Waals surface area contributed by atoms with Crippen LogP contribution in [0.2, 0.25) is 0 Å². The van der Waals surface area contributed by atoms with Gasteiger partial charge in [0.25, 0.3) is 11.8 Å². The van der Waals surface area contributed by atoms with Crippen LogP contribution in [0.3, 0.4) is 0 Å². The molecule has 282 valence electrons. The molecule has 0 saturated carbocycles. The van der Waals surface area contributed by atoms with Gasteiger partial charge in [-0.3, -0.25) is 19.2 Å². The van der Waals surface area contributed by atoms with E-state index in [0.29, 0.717) is 22.6 Å². The Hall–Kier alpha value is -7.66. The van der Waals surface area contributed by atoms with E-state index in [0.717, 1.165) is 4.90 Å². The molecule has 0 aromatic heterocycles. The van der Waals surface area contributed by atoms with Crippen LogP contribution in [-0.4, -0.2) is 49.5 Å². The van der Waals surface area contributed by atoms with Gasteiger partial charge >= 0.3 is 11.9 Å². The van der Waals surface area contributed by atoms with Crippen LogP contribution in [0.4, 0.5) is 5.69 Å². The molecule has 1 aliphatic rings. The number of esters is 2. The van der Waals surface area contributed by atoms with Gasteiger partial charge in [0.1, 0.15) is 11.5 Å². The van der Waals surface area contributed by atoms with Crippen LogP contribution >= 0.6 is 0 Å². The standard InChI is InChI=1S/C46H33NO10/c1-54-33-22-17-28(18-23-33)39(48)41(30-11-5-3-6-12-30)56-45(52)32-21-26-35-37(27-32)44(51)47(43(35)50)38-16-10-9-15-36(38)46(53)57-42(31-13-7-4-8-14-31)40(49)29-19-24-34(55-2)25-20-29/h3-27,41-42H,1-2H3/t41-,42-/m1/s1. The van der Waals surface area contributed by atoms with Crippen LogP contribution < -0.4 is 14.4 Å². The van der Waals surface area contributed by atoms with Gasteiger partial charge in [-0.2, -0.15) is 0 Å². The molecule has 0 N–H and O–H groups in total. The SMILES string of the molecule is COc1ccc(C(=O)[C@H](OC(=O)c2ccc3c(c2)C(=O)N(c2ccccc2C(=O)O[C@@H](C(=O)c2ccc(OC)cc2)c2ccccc2)C3=O)c2ccccc2)cc1. The van der Waals surface area contributed by atoms with Gasteiger partial charge < -0.3 is 18.9 Å². The van der Waals surface area contributed by atoms with Crippen molar-refractivity contribution in [2.45, 2.75) is 12.2 Å². The quantitative estimate of drug-likeness (QED) is 0.0645. The molecule has 2 amide bonds. The number of ketones is 2. The fourth-order valence-electron chi connectivity index (χ4n) is 6.39. The first kappa shape index (κ1) is 37.6. The highest BCUT2D eigenvalue weighted by atomic mass is 16.6. The van der Waals surface area contributed by atoms with Crippen LogP contribution in [0.1, 0.15) is 85.5 Å². The van der Waals surface area contributed by atoms with Crippen molar-refractivity contribution >= 4 is 41.0 Å². The lowest BCUT2D eigenvalue weighted by molar-refractivity contribution is 0.0278. The molecule has 6 aromatic rings. The van der Waals surface area contributed by atoms with Gasteiger partial charge in [0.15, 0.2) is 12.2 Å². The summed E-state index contributed by atoms with van der Waals surface area (Å²) < 4.78 is 22.1. The predicted octanol–water partition coefficient (Wildman–Crippen LogP) is 8.07. The second-order valence-corrected chi connectivity index (χ2v) is 12.8. The Morgan fingerprint density at radius 1 is 0.474 bits per heavy atom. The predicted molar refractivity (Wildman–Crippen MR) is 208 cm³/mol. The number of para-hydroxylation sites is 1. The highest BCUT2D eigenvalue weighted by Gasteiger charge is 2.40. The number of fused-ring (bicyclic) bond motifs is 1. The van der Waals surface area contributed by atoms with Crippen molar-refractivity contribution in [3.63, 3.8) is 0 Å². The van der Waals surface area contributed by atoms with Gasteiger partial charge in [0.05, 0.1) is 42.2 Å². The monoisotopic (exact) mass is 759 g/mol. The number of methoxy groups -OCH3 is 2. The molecule has 57 heavy (non-hydrogen) atoms. The summed E-state index contributed by atoms with van der Waals surface area (Å²) in [5.41, 5.74) is 0.904. The summed E-state index contributed by atoms with van der Waals surface area (Å²) in [6.45, 7) is 0. The third-order valence-electron chi connectivity index (χ3n) is 9.37. The van der Waals surface area contributed by atoms with E-state index in [-0.39, 0.29) is 39.1 Å². The number of hydrogen-bond donors (Lipinski definition) is 0. The lowest BCUT2D eigenvalue weighted by atomic mass is 9.99. The second kappa shape index (κ2) is 16.4. The summed E-state index contributed by atoms with van der Waals surface area (Å²) in [4.78, 5) is 83.7. The molecule has 7 rings (SSSR count). The fourth-order valence-corrected chi connectivity index (χ4v) is 6.39. The number of anilines is 1. The maximum atomic E-state index is 14.0. The van der Waals surface area contributed by atoms with Crippen LogP contribution in [0.25, 0.3) is 0 Å². The van der Waals surface area contributed by atoms with Gasteiger partial charge in [-0.1, -0.05) is 72.8 Å². The number of amides is 2. The Kier molecular flexibility index (Phi) is 10.8. The molecule has 1 aliphatic heterocycles. The Bertz CT molecular complexity index is 2500. The van der Waals surface area contributed by atoms with E-state index < -0.39 is 47.5 Å². The van der Waals surface area contributed by atoms with Gasteiger partial charge in [-0.25, -0.2) is 14.5 Å². The van der Waals surface area contributed by atoms with E-state index in [2.05, 4.69) is 0 Å². The van der Waals surface area contributed by atoms with E-state index in [1.807, 2.05) is 0 Å². The Balaban J connectivity index is 1.15. The largest absolute Gasteiger partial charge is 0.497 e. The average molecular weight is 760 g/mol. The zero-order valence-corrected chi connectivity index (χ0v) is 30.6. The molecule has 2 atom stereocenters. The summed E-state index contributed by atoms with van der Waals surface area (Å²) >= 11 is 0. The molecule has 0 radical (unpaired) electrons. The molecule has 1 heterocycles. The van der Waals surface area contributed by atoms with Crippen molar-refractivity contribution in [2.75, 3.05) is 19.1 Å². The number of imide groups is 1. The number of carbonyl (C=O) groups excluding carboxylic acids is 6. The van der Waals surface area contributed by atoms with Crippen molar-refractivity contribution in [1.29, 1.82) is 0 Å². The smallest absolute Gasteiger partial charge is 0.341 e. The minimum absolute atomic E-state index is 0.0227. The second-order valence-electron chi connectivity index (χ2n) is 12.8. The number of rotatable bonds is 13. The van der Waals surface area contributed by atoms with Gasteiger partial charge in [-0.05, 0) is 78.9 Å². The third kappa shape index (κ3) is 7.67. The molecule has 0 aliphatic carbocycles. The molecular formula is C46H33NO10. The number of nitrogens with zero attached hydrogens (tertiary/aromatic N) is 1. The number of benzene rings is 6. The zero-order chi connectivity index (χ0) is 40.1. The molecule has 11 heteroatoms. The highest BCUT2D eigenvalue weighted by molar-refractivity contribution is 6.35. The maximum Gasteiger partial charge on any atom is 0.341 e. The lowest BCUT2D eigenvalue weighted by Crippen LogP contribution is -2.31. The minimum Gasteiger partial charge on any atom is -0.497 e. The summed E-state index contributed by atoms with van der Waals surface area (Å²) in [6, 6.07) is 39.4. The van der Waals surface area contributed by atoms with E-state index in [1.165, 1.54) is 50.6 Å². The molecule has 0 spiro atoms. The molecular weight excluding hydrogens is 727 g/mol. The topological polar surface area (TPSA) is 143 Å². The van der Waals surface area contributed by atoms with Crippen LogP contribution in [0.5, 0.6) is 11.5 Å². The van der Waals surface area contributed by atoms with Crippen molar-refractivity contribution < 1.29 is 47.7 Å². The van der Waals surface area contributed by atoms with Gasteiger partial charge in [-0.15, -0.1) is 0 Å². The van der Waals surface area contributed by atoms with E-state index >= 15 is 0 Å². The first-order chi connectivity index (χ1) is 27.7. The molecule has 6 aromatic carbocycles. The van der Waals surface area contributed by atoms with Gasteiger partial charge in [0.2, 0.25) is 11.6 Å². The number of Topliss-reactive ketones (excluding diaryl/α,β-unsaturated/α-hetero) is 2. The molecule has 0 saturated heterocycles. The van der Waals surface area contributed by atoms with Crippen molar-refractivity contribution in [1.82, 2.24) is 0 Å². The summed E-state index contributed by atoms with van der Waals surface area (Å²) in [7, 11) is 3.00. The molecule has 11 nitrogen and oxygen atoms in total. The van der Waals surface area contributed by atoms with E-state index in [9.17, 15) is 28.8 Å². The Labute approximate surface area is 327 Å². The first-order valence-electron chi connectivity index (χ1n) is 17.7. The maximum absolute atomic E-state index is 14.0. The first-order valence-corrected chi connectivity index (χ1v) is 17.7. The molecule has 0 bridgehead atoms. The Morgan fingerprint density at radius 3 is 1.42 bits per heavy atom. The highest BCUT2D eigenvalue weighted by Crippen LogP contribution is 2.34. The summed E-state index contributed by atoms with van der Waals surface area (Å²) in [5.74, 6) is -3.35. The van der Waals surface area contributed by atoms with E-state index in [4.69, 9.17) is 18.9 Å². The third-order valence-corrected chi connectivity index (χ3v) is 9.37. The number of hydrogen-bond acceptors (Lipinski definition) is 10. The Morgan fingerprint density at radius 2 is 0.912 bits per heavy atom. The van der Waals surface area contributed by atoms with Crippen LogP contribution in [0, 0.1) is 0 Å². The average Bonchev–Trinajstić information content (AvgIpc) is 3.52. The minimum atomic E-state index is -1.37.